The molecule has 3 fully saturated rings. The number of fused-ring (bicyclic) bond motifs is 2. The summed E-state index contributed by atoms with van der Waals surface area (Å²) in [5.74, 6) is 0. The number of hydrogen-bond donors (Lipinski definition) is 1. The van der Waals surface area contributed by atoms with Crippen molar-refractivity contribution in [2.45, 2.75) is 69.4 Å². The van der Waals surface area contributed by atoms with Crippen molar-refractivity contribution in [2.75, 3.05) is 18.0 Å². The molecular weight excluding hydrogens is 340 g/mol. The summed E-state index contributed by atoms with van der Waals surface area (Å²) in [7, 11) is 0. The predicted octanol–water partition coefficient (Wildman–Crippen LogP) is 2.31. The summed E-state index contributed by atoms with van der Waals surface area (Å²) in [6.45, 7) is 2.66. The zero-order chi connectivity index (χ0) is 18.1. The normalized spacial score (nSPS) is 28.6. The molecule has 1 unspecified atom stereocenters. The first kappa shape index (κ1) is 17.1. The average Bonchev–Trinajstić information content (AvgIpc) is 3.33. The Kier molecular flexibility index (Phi) is 4.80. The lowest BCUT2D eigenvalue weighted by atomic mass is 10.0. The van der Waals surface area contributed by atoms with E-state index in [9.17, 15) is 0 Å². The number of nitrogens with one attached hydrogen (secondary N) is 1. The van der Waals surface area contributed by atoms with Crippen molar-refractivity contribution in [3.8, 4) is 0 Å². The third-order valence-electron chi connectivity index (χ3n) is 6.32. The highest BCUT2D eigenvalue weighted by Crippen LogP contribution is 2.29. The van der Waals surface area contributed by atoms with Crippen LogP contribution in [0.5, 0.6) is 0 Å². The van der Waals surface area contributed by atoms with E-state index in [-0.39, 0.29) is 0 Å². The average molecular weight is 368 g/mol. The highest BCUT2D eigenvalue weighted by atomic mass is 16.5. The van der Waals surface area contributed by atoms with E-state index in [0.717, 1.165) is 44.5 Å². The third kappa shape index (κ3) is 3.84. The molecule has 5 rings (SSSR count). The van der Waals surface area contributed by atoms with Crippen LogP contribution in [0, 0.1) is 0 Å². The summed E-state index contributed by atoms with van der Waals surface area (Å²) in [6, 6.07) is 5.92. The van der Waals surface area contributed by atoms with E-state index in [4.69, 9.17) is 4.74 Å². The van der Waals surface area contributed by atoms with Crippen molar-refractivity contribution >= 4 is 5.69 Å². The van der Waals surface area contributed by atoms with Gasteiger partial charge in [-0.2, -0.15) is 0 Å². The molecule has 0 radical (unpaired) electrons. The van der Waals surface area contributed by atoms with E-state index in [1.54, 1.807) is 0 Å². The highest BCUT2D eigenvalue weighted by molar-refractivity contribution is 5.44. The molecule has 1 N–H and O–H groups in total. The first-order valence-corrected chi connectivity index (χ1v) is 10.3. The molecule has 0 aliphatic carbocycles. The molecule has 7 heteroatoms. The number of piperidine rings is 2. The second-order valence-corrected chi connectivity index (χ2v) is 8.16. The zero-order valence-corrected chi connectivity index (χ0v) is 15.7. The second kappa shape index (κ2) is 7.56. The van der Waals surface area contributed by atoms with Gasteiger partial charge in [-0.05, 0) is 50.7 Å². The molecule has 0 amide bonds. The molecule has 2 aromatic heterocycles. The minimum absolute atomic E-state index is 0.373. The van der Waals surface area contributed by atoms with Crippen LogP contribution in [0.15, 0.2) is 30.7 Å². The first-order valence-electron chi connectivity index (χ1n) is 10.3. The Morgan fingerprint density at radius 1 is 1.04 bits per heavy atom. The summed E-state index contributed by atoms with van der Waals surface area (Å²) in [5, 5.41) is 12.4. The van der Waals surface area contributed by atoms with Crippen molar-refractivity contribution in [1.29, 1.82) is 0 Å². The van der Waals surface area contributed by atoms with Gasteiger partial charge >= 0.3 is 0 Å². The number of ether oxygens (including phenoxy) is 1. The Labute approximate surface area is 160 Å². The lowest BCUT2D eigenvalue weighted by molar-refractivity contribution is 0.00762. The smallest absolute Gasteiger partial charge is 0.108 e. The van der Waals surface area contributed by atoms with Crippen LogP contribution < -0.4 is 10.2 Å². The minimum atomic E-state index is 0.373. The molecule has 2 aromatic rings. The Morgan fingerprint density at radius 3 is 2.52 bits per heavy atom. The maximum atomic E-state index is 6.16. The van der Waals surface area contributed by atoms with Crippen LogP contribution in [0.3, 0.4) is 0 Å². The molecule has 3 aliphatic rings. The van der Waals surface area contributed by atoms with E-state index in [2.05, 4.69) is 48.5 Å². The number of rotatable bonds is 5. The fourth-order valence-corrected chi connectivity index (χ4v) is 4.85. The van der Waals surface area contributed by atoms with E-state index in [0.29, 0.717) is 30.8 Å². The summed E-state index contributed by atoms with van der Waals surface area (Å²) >= 11 is 0. The van der Waals surface area contributed by atoms with Gasteiger partial charge in [0, 0.05) is 43.3 Å². The highest BCUT2D eigenvalue weighted by Gasteiger charge is 2.34. The monoisotopic (exact) mass is 368 g/mol. The van der Waals surface area contributed by atoms with Gasteiger partial charge in [-0.1, -0.05) is 5.21 Å². The van der Waals surface area contributed by atoms with Crippen molar-refractivity contribution in [1.82, 2.24) is 25.3 Å². The molecule has 3 aliphatic heterocycles. The third-order valence-corrected chi connectivity index (χ3v) is 6.32. The molecule has 0 saturated carbocycles. The second-order valence-electron chi connectivity index (χ2n) is 8.16. The number of pyridine rings is 1. The lowest BCUT2D eigenvalue weighted by Gasteiger charge is -2.33. The first-order chi connectivity index (χ1) is 13.3. The summed E-state index contributed by atoms with van der Waals surface area (Å²) in [4.78, 5) is 6.53. The van der Waals surface area contributed by atoms with Crippen LogP contribution >= 0.6 is 0 Å². The van der Waals surface area contributed by atoms with Crippen molar-refractivity contribution in [3.05, 3.63) is 36.4 Å². The molecule has 0 spiro atoms. The Hall–Kier alpha value is -1.99. The Bertz CT molecular complexity index is 730. The van der Waals surface area contributed by atoms with Gasteiger partial charge in [0.2, 0.25) is 0 Å². The van der Waals surface area contributed by atoms with Crippen molar-refractivity contribution < 1.29 is 4.74 Å². The number of anilines is 1. The van der Waals surface area contributed by atoms with Gasteiger partial charge in [0.1, 0.15) is 5.69 Å². The van der Waals surface area contributed by atoms with Gasteiger partial charge in [-0.25, -0.2) is 4.68 Å². The number of hydrogen-bond acceptors (Lipinski definition) is 6. The molecule has 3 saturated heterocycles. The summed E-state index contributed by atoms with van der Waals surface area (Å²) in [6.07, 6.45) is 13.2. The van der Waals surface area contributed by atoms with Gasteiger partial charge in [0.25, 0.3) is 0 Å². The van der Waals surface area contributed by atoms with Crippen LogP contribution in [0.2, 0.25) is 0 Å². The van der Waals surface area contributed by atoms with Gasteiger partial charge < -0.3 is 15.0 Å². The lowest BCUT2D eigenvalue weighted by Crippen LogP contribution is -2.41. The quantitative estimate of drug-likeness (QED) is 0.874. The fraction of sp³-hybridized carbons (Fsp3) is 0.650. The SMILES string of the molecule is c1cc(N2CCC(n3cc(COC4C[C@H]5CC[C@@H](C4)N5)nn3)CC2)ccn1. The number of nitrogens with zero attached hydrogens (tertiary/aromatic N) is 5. The predicted molar refractivity (Wildman–Crippen MR) is 102 cm³/mol. The van der Waals surface area contributed by atoms with Crippen LogP contribution in [-0.4, -0.2) is 51.3 Å². The zero-order valence-electron chi connectivity index (χ0n) is 15.7. The molecule has 27 heavy (non-hydrogen) atoms. The van der Waals surface area contributed by atoms with Crippen LogP contribution in [0.4, 0.5) is 5.69 Å². The number of aromatic nitrogens is 4. The molecule has 0 aromatic carbocycles. The van der Waals surface area contributed by atoms with Crippen LogP contribution in [0.25, 0.3) is 0 Å². The Balaban J connectivity index is 1.12. The molecule has 144 valence electrons. The molecule has 5 heterocycles. The van der Waals surface area contributed by atoms with Crippen LogP contribution in [0.1, 0.15) is 50.3 Å². The van der Waals surface area contributed by atoms with Crippen LogP contribution in [-0.2, 0) is 11.3 Å². The van der Waals surface area contributed by atoms with Gasteiger partial charge in [-0.15, -0.1) is 5.10 Å². The molecule has 7 nitrogen and oxygen atoms in total. The molecule has 3 atom stereocenters. The van der Waals surface area contributed by atoms with Crippen molar-refractivity contribution in [2.24, 2.45) is 0 Å². The van der Waals surface area contributed by atoms with Gasteiger partial charge in [0.15, 0.2) is 0 Å². The topological polar surface area (TPSA) is 68.1 Å². The fourth-order valence-electron chi connectivity index (χ4n) is 4.85. The van der Waals surface area contributed by atoms with Gasteiger partial charge in [0.05, 0.1) is 24.9 Å². The molecule has 2 bridgehead atoms. The maximum Gasteiger partial charge on any atom is 0.108 e. The van der Waals surface area contributed by atoms with Gasteiger partial charge in [-0.3, -0.25) is 4.98 Å². The standard InChI is InChI=1S/C20H28N6O/c1-2-16-12-20(11-15(1)22-16)27-14-17-13-26(24-23-17)19-5-9-25(10-6-19)18-3-7-21-8-4-18/h3-4,7-8,13,15-16,19-20,22H,1-2,5-6,9-12,14H2/t15-,16+,20?. The van der Waals surface area contributed by atoms with E-state index < -0.39 is 0 Å². The Morgan fingerprint density at radius 2 is 1.78 bits per heavy atom. The van der Waals surface area contributed by atoms with Crippen molar-refractivity contribution in [3.63, 3.8) is 0 Å². The summed E-state index contributed by atoms with van der Waals surface area (Å²) < 4.78 is 8.21. The minimum Gasteiger partial charge on any atom is -0.372 e. The van der Waals surface area contributed by atoms with E-state index in [1.165, 1.54) is 18.5 Å². The largest absolute Gasteiger partial charge is 0.372 e. The summed E-state index contributed by atoms with van der Waals surface area (Å²) in [5.41, 5.74) is 2.21. The maximum absolute atomic E-state index is 6.16. The molecular formula is C20H28N6O. The van der Waals surface area contributed by atoms with E-state index >= 15 is 0 Å². The van der Waals surface area contributed by atoms with E-state index in [1.807, 2.05) is 12.4 Å².